The van der Waals surface area contributed by atoms with Crippen LogP contribution in [0.15, 0.2) is 48.6 Å². The lowest BCUT2D eigenvalue weighted by molar-refractivity contribution is -0.150. The van der Waals surface area contributed by atoms with E-state index in [4.69, 9.17) is 9.84 Å². The van der Waals surface area contributed by atoms with E-state index >= 15 is 0 Å². The van der Waals surface area contributed by atoms with Crippen molar-refractivity contribution in [1.29, 1.82) is 0 Å². The number of carbonyl (C=O) groups is 2. The number of carboxylic acid groups (broad SMARTS) is 1. The molecule has 0 bridgehead atoms. The number of ether oxygens (including phenoxy) is 1. The van der Waals surface area contributed by atoms with Crippen molar-refractivity contribution in [3.63, 3.8) is 0 Å². The molecule has 0 radical (unpaired) electrons. The number of esters is 1. The van der Waals surface area contributed by atoms with Crippen LogP contribution in [0.2, 0.25) is 0 Å². The van der Waals surface area contributed by atoms with Crippen LogP contribution in [-0.2, 0) is 14.3 Å². The van der Waals surface area contributed by atoms with Gasteiger partial charge in [-0.1, -0.05) is 165 Å². The van der Waals surface area contributed by atoms with Crippen LogP contribution in [0.1, 0.15) is 213 Å². The largest absolute Gasteiger partial charge is 0.481 e. The molecule has 0 aliphatic rings. The van der Waals surface area contributed by atoms with Gasteiger partial charge >= 0.3 is 11.9 Å². The first-order valence-corrected chi connectivity index (χ1v) is 20.6. The molecule has 0 saturated carbocycles. The van der Waals surface area contributed by atoms with Crippen LogP contribution >= 0.6 is 0 Å². The molecule has 0 aliphatic heterocycles. The highest BCUT2D eigenvalue weighted by Crippen LogP contribution is 2.18. The first-order chi connectivity index (χ1) is 23.6. The molecule has 1 N–H and O–H groups in total. The third-order valence-electron chi connectivity index (χ3n) is 9.05. The van der Waals surface area contributed by atoms with Crippen molar-refractivity contribution in [3.8, 4) is 0 Å². The topological polar surface area (TPSA) is 63.6 Å². The maximum atomic E-state index is 12.6. The zero-order valence-corrected chi connectivity index (χ0v) is 31.8. The Bertz CT molecular complexity index is 809. The second-order valence-corrected chi connectivity index (χ2v) is 13.8. The minimum Gasteiger partial charge on any atom is -0.481 e. The zero-order chi connectivity index (χ0) is 35.0. The minimum absolute atomic E-state index is 0.0557. The molecule has 0 fully saturated rings. The predicted octanol–water partition coefficient (Wildman–Crippen LogP) is 14.3. The Hall–Kier alpha value is -2.10. The first kappa shape index (κ1) is 45.9. The quantitative estimate of drug-likeness (QED) is 0.0406. The first-order valence-electron chi connectivity index (χ1n) is 20.6. The number of hydrogen-bond acceptors (Lipinski definition) is 3. The van der Waals surface area contributed by atoms with E-state index in [-0.39, 0.29) is 18.5 Å². The fourth-order valence-corrected chi connectivity index (χ4v) is 5.99. The van der Waals surface area contributed by atoms with Gasteiger partial charge in [0, 0.05) is 12.8 Å². The summed E-state index contributed by atoms with van der Waals surface area (Å²) in [5.74, 6) is -0.818. The van der Waals surface area contributed by atoms with Gasteiger partial charge in [-0.05, 0) is 83.5 Å². The highest BCUT2D eigenvalue weighted by molar-refractivity contribution is 5.69. The molecule has 0 spiro atoms. The summed E-state index contributed by atoms with van der Waals surface area (Å²) in [7, 11) is 0. The lowest BCUT2D eigenvalue weighted by atomic mass is 10.0. The summed E-state index contributed by atoms with van der Waals surface area (Å²) in [6.45, 7) is 4.52. The third kappa shape index (κ3) is 38.3. The highest BCUT2D eigenvalue weighted by Gasteiger charge is 2.14. The molecular formula is C44H78O4. The molecule has 1 unspecified atom stereocenters. The molecule has 0 aromatic carbocycles. The van der Waals surface area contributed by atoms with Gasteiger partial charge in [-0.2, -0.15) is 0 Å². The molecule has 4 nitrogen and oxygen atoms in total. The second-order valence-electron chi connectivity index (χ2n) is 13.8. The maximum absolute atomic E-state index is 12.6. The van der Waals surface area contributed by atoms with Crippen LogP contribution in [-0.4, -0.2) is 23.1 Å². The van der Waals surface area contributed by atoms with Crippen molar-refractivity contribution in [2.24, 2.45) is 0 Å². The normalized spacial score (nSPS) is 12.7. The Labute approximate surface area is 298 Å². The van der Waals surface area contributed by atoms with Gasteiger partial charge in [0.05, 0.1) is 0 Å². The monoisotopic (exact) mass is 671 g/mol. The van der Waals surface area contributed by atoms with Crippen LogP contribution in [0.25, 0.3) is 0 Å². The Morgan fingerprint density at radius 3 is 1.31 bits per heavy atom. The van der Waals surface area contributed by atoms with Gasteiger partial charge < -0.3 is 9.84 Å². The number of allylic oxidation sites excluding steroid dienone is 8. The van der Waals surface area contributed by atoms with Crippen LogP contribution in [0.5, 0.6) is 0 Å². The molecular weight excluding hydrogens is 592 g/mol. The SMILES string of the molecule is CCCCC/C=C\C/C=C\C/C=C\C/C=C\CCCCCCCC(=O)OC(CCCCCCCCCCCCCC)CCCCC(=O)O. The predicted molar refractivity (Wildman–Crippen MR) is 209 cm³/mol. The number of carboxylic acids is 1. The summed E-state index contributed by atoms with van der Waals surface area (Å²) in [6, 6.07) is 0. The lowest BCUT2D eigenvalue weighted by Gasteiger charge is -2.18. The van der Waals surface area contributed by atoms with Gasteiger partial charge in [0.2, 0.25) is 0 Å². The van der Waals surface area contributed by atoms with Crippen molar-refractivity contribution in [3.05, 3.63) is 48.6 Å². The molecule has 0 rings (SSSR count). The van der Waals surface area contributed by atoms with E-state index in [1.807, 2.05) is 0 Å². The summed E-state index contributed by atoms with van der Waals surface area (Å²) in [4.78, 5) is 23.5. The Morgan fingerprint density at radius 1 is 0.458 bits per heavy atom. The number of aliphatic carboxylic acids is 1. The van der Waals surface area contributed by atoms with Gasteiger partial charge in [0.15, 0.2) is 0 Å². The summed E-state index contributed by atoms with van der Waals surface area (Å²) in [5, 5.41) is 8.95. The Balaban J connectivity index is 3.90. The molecule has 0 saturated heterocycles. The number of carbonyl (C=O) groups excluding carboxylic acids is 1. The summed E-state index contributed by atoms with van der Waals surface area (Å²) < 4.78 is 5.89. The molecule has 0 aromatic rings. The second kappa shape index (κ2) is 39.3. The van der Waals surface area contributed by atoms with E-state index in [0.717, 1.165) is 64.2 Å². The fourth-order valence-electron chi connectivity index (χ4n) is 5.99. The summed E-state index contributed by atoms with van der Waals surface area (Å²) in [5.41, 5.74) is 0. The molecule has 48 heavy (non-hydrogen) atoms. The smallest absolute Gasteiger partial charge is 0.306 e. The van der Waals surface area contributed by atoms with Crippen molar-refractivity contribution < 1.29 is 19.4 Å². The van der Waals surface area contributed by atoms with E-state index in [1.165, 1.54) is 116 Å². The number of hydrogen-bond donors (Lipinski definition) is 1. The molecule has 0 heterocycles. The van der Waals surface area contributed by atoms with Gasteiger partial charge in [0.25, 0.3) is 0 Å². The van der Waals surface area contributed by atoms with Crippen LogP contribution in [0.4, 0.5) is 0 Å². The molecule has 0 aliphatic carbocycles. The average Bonchev–Trinajstić information content (AvgIpc) is 3.07. The number of unbranched alkanes of at least 4 members (excludes halogenated alkanes) is 20. The van der Waals surface area contributed by atoms with Crippen LogP contribution < -0.4 is 0 Å². The van der Waals surface area contributed by atoms with Crippen molar-refractivity contribution >= 4 is 11.9 Å². The van der Waals surface area contributed by atoms with Gasteiger partial charge in [-0.15, -0.1) is 0 Å². The van der Waals surface area contributed by atoms with E-state index in [1.54, 1.807) is 0 Å². The average molecular weight is 671 g/mol. The van der Waals surface area contributed by atoms with E-state index in [9.17, 15) is 9.59 Å². The molecule has 0 amide bonds. The van der Waals surface area contributed by atoms with Crippen LogP contribution in [0.3, 0.4) is 0 Å². The molecule has 0 aromatic heterocycles. The lowest BCUT2D eigenvalue weighted by Crippen LogP contribution is -2.18. The van der Waals surface area contributed by atoms with Crippen LogP contribution in [0, 0.1) is 0 Å². The van der Waals surface area contributed by atoms with Gasteiger partial charge in [0.1, 0.15) is 6.10 Å². The van der Waals surface area contributed by atoms with Gasteiger partial charge in [-0.25, -0.2) is 0 Å². The Morgan fingerprint density at radius 2 is 0.812 bits per heavy atom. The third-order valence-corrected chi connectivity index (χ3v) is 9.05. The van der Waals surface area contributed by atoms with Crippen molar-refractivity contribution in [2.75, 3.05) is 0 Å². The highest BCUT2D eigenvalue weighted by atomic mass is 16.5. The number of rotatable bonds is 37. The van der Waals surface area contributed by atoms with E-state index in [0.29, 0.717) is 12.8 Å². The standard InChI is InChI=1S/C44H78O4/c1-3-5-7-9-11-13-15-17-18-19-20-21-22-23-24-25-27-29-31-33-35-41-44(47)48-42(39-36-37-40-43(45)46)38-34-32-30-28-26-16-14-12-10-8-6-4-2/h11,13,17-18,20-21,23-24,42H,3-10,12,14-16,19,22,25-41H2,1-2H3,(H,45,46)/b13-11-,18-17-,21-20-,24-23-. The maximum Gasteiger partial charge on any atom is 0.306 e. The molecule has 1 atom stereocenters. The van der Waals surface area contributed by atoms with E-state index in [2.05, 4.69) is 62.5 Å². The summed E-state index contributed by atoms with van der Waals surface area (Å²) in [6.07, 6.45) is 52.7. The van der Waals surface area contributed by atoms with Crippen molar-refractivity contribution in [2.45, 2.75) is 219 Å². The Kier molecular flexibility index (Phi) is 37.6. The zero-order valence-electron chi connectivity index (χ0n) is 31.8. The molecule has 4 heteroatoms. The minimum atomic E-state index is -0.747. The summed E-state index contributed by atoms with van der Waals surface area (Å²) >= 11 is 0. The van der Waals surface area contributed by atoms with Crippen molar-refractivity contribution in [1.82, 2.24) is 0 Å². The molecule has 278 valence electrons. The fraction of sp³-hybridized carbons (Fsp3) is 0.773. The van der Waals surface area contributed by atoms with Gasteiger partial charge in [-0.3, -0.25) is 9.59 Å². The van der Waals surface area contributed by atoms with E-state index < -0.39 is 5.97 Å².